The van der Waals surface area contributed by atoms with Gasteiger partial charge >= 0.3 is 6.18 Å². The van der Waals surface area contributed by atoms with Gasteiger partial charge in [0.25, 0.3) is 0 Å². The van der Waals surface area contributed by atoms with Crippen molar-refractivity contribution in [2.24, 2.45) is 0 Å². The highest BCUT2D eigenvalue weighted by Gasteiger charge is 2.32. The van der Waals surface area contributed by atoms with Gasteiger partial charge in [0, 0.05) is 13.1 Å². The number of alkyl halides is 3. The lowest BCUT2D eigenvalue weighted by molar-refractivity contribution is -0.138. The molecular formula is C29H30F3N. The average molecular weight is 450 g/mol. The van der Waals surface area contributed by atoms with Crippen molar-refractivity contribution in [3.05, 3.63) is 111 Å². The number of fused-ring (bicyclic) bond motifs is 1. The second-order valence-electron chi connectivity index (χ2n) is 8.54. The molecular weight excluding hydrogens is 419 g/mol. The molecule has 172 valence electrons. The van der Waals surface area contributed by atoms with E-state index in [1.807, 2.05) is 18.2 Å². The predicted molar refractivity (Wildman–Crippen MR) is 129 cm³/mol. The molecule has 0 heterocycles. The standard InChI is InChI=1S/C29H30F3N/c1-3-20-14-17-26-25(24(20)4-2)16-15-23(28(26)21-10-6-5-7-11-21)19-33-18-22-12-8-9-13-27(22)29(30,31)32/h5-14,17,33H,3-4,15-16,18-19H2,1-2H3. The van der Waals surface area contributed by atoms with E-state index in [0.29, 0.717) is 6.54 Å². The molecule has 1 aliphatic carbocycles. The van der Waals surface area contributed by atoms with Crippen LogP contribution < -0.4 is 5.32 Å². The number of hydrogen-bond acceptors (Lipinski definition) is 1. The smallest absolute Gasteiger partial charge is 0.309 e. The van der Waals surface area contributed by atoms with Crippen molar-refractivity contribution in [2.45, 2.75) is 52.3 Å². The number of rotatable bonds is 7. The molecule has 1 N–H and O–H groups in total. The van der Waals surface area contributed by atoms with E-state index in [2.05, 4.69) is 43.4 Å². The third kappa shape index (κ3) is 4.91. The zero-order chi connectivity index (χ0) is 23.4. The Balaban J connectivity index is 1.68. The fraction of sp³-hybridized carbons (Fsp3) is 0.310. The number of halogens is 3. The van der Waals surface area contributed by atoms with Gasteiger partial charge in [-0.3, -0.25) is 0 Å². The van der Waals surface area contributed by atoms with Gasteiger partial charge < -0.3 is 5.32 Å². The van der Waals surface area contributed by atoms with Crippen molar-refractivity contribution in [3.8, 4) is 0 Å². The van der Waals surface area contributed by atoms with Gasteiger partial charge in [0.2, 0.25) is 0 Å². The molecule has 1 nitrogen and oxygen atoms in total. The second-order valence-corrected chi connectivity index (χ2v) is 8.54. The molecule has 4 heteroatoms. The molecule has 3 aromatic rings. The van der Waals surface area contributed by atoms with Crippen LogP contribution in [-0.4, -0.2) is 6.54 Å². The first-order valence-corrected chi connectivity index (χ1v) is 11.7. The lowest BCUT2D eigenvalue weighted by Crippen LogP contribution is -2.22. The first-order valence-electron chi connectivity index (χ1n) is 11.7. The van der Waals surface area contributed by atoms with Crippen molar-refractivity contribution in [1.82, 2.24) is 5.32 Å². The first-order chi connectivity index (χ1) is 15.9. The maximum absolute atomic E-state index is 13.4. The molecule has 0 unspecified atom stereocenters. The lowest BCUT2D eigenvalue weighted by atomic mass is 9.78. The lowest BCUT2D eigenvalue weighted by Gasteiger charge is -2.28. The molecule has 0 saturated carbocycles. The van der Waals surface area contributed by atoms with Crippen LogP contribution in [0.15, 0.2) is 72.3 Å². The summed E-state index contributed by atoms with van der Waals surface area (Å²) in [7, 11) is 0. The van der Waals surface area contributed by atoms with Crippen LogP contribution in [0.5, 0.6) is 0 Å². The maximum Gasteiger partial charge on any atom is 0.416 e. The molecule has 1 aliphatic rings. The largest absolute Gasteiger partial charge is 0.416 e. The first kappa shape index (κ1) is 23.3. The number of benzene rings is 3. The van der Waals surface area contributed by atoms with Gasteiger partial charge in [0.1, 0.15) is 0 Å². The molecule has 3 aromatic carbocycles. The van der Waals surface area contributed by atoms with Gasteiger partial charge in [-0.15, -0.1) is 0 Å². The molecule has 0 radical (unpaired) electrons. The van der Waals surface area contributed by atoms with Crippen molar-refractivity contribution < 1.29 is 13.2 Å². The second kappa shape index (κ2) is 9.96. The molecule has 0 saturated heterocycles. The summed E-state index contributed by atoms with van der Waals surface area (Å²) < 4.78 is 40.1. The molecule has 0 fully saturated rings. The highest BCUT2D eigenvalue weighted by Crippen LogP contribution is 2.39. The highest BCUT2D eigenvalue weighted by molar-refractivity contribution is 5.86. The summed E-state index contributed by atoms with van der Waals surface area (Å²) in [6.45, 7) is 5.16. The van der Waals surface area contributed by atoms with Gasteiger partial charge in [-0.2, -0.15) is 13.2 Å². The molecule has 0 aliphatic heterocycles. The molecule has 4 rings (SSSR count). The van der Waals surface area contributed by atoms with Gasteiger partial charge in [-0.25, -0.2) is 0 Å². The summed E-state index contributed by atoms with van der Waals surface area (Å²) in [5, 5.41) is 3.31. The predicted octanol–water partition coefficient (Wildman–Crippen LogP) is 7.37. The third-order valence-electron chi connectivity index (χ3n) is 6.60. The van der Waals surface area contributed by atoms with E-state index in [1.54, 1.807) is 12.1 Å². The van der Waals surface area contributed by atoms with Crippen molar-refractivity contribution in [1.29, 1.82) is 0 Å². The molecule has 0 aromatic heterocycles. The van der Waals surface area contributed by atoms with E-state index in [-0.39, 0.29) is 12.1 Å². The van der Waals surface area contributed by atoms with Crippen LogP contribution in [0, 0.1) is 0 Å². The summed E-state index contributed by atoms with van der Waals surface area (Å²) in [5.74, 6) is 0. The highest BCUT2D eigenvalue weighted by atomic mass is 19.4. The van der Waals surface area contributed by atoms with E-state index in [0.717, 1.165) is 37.3 Å². The van der Waals surface area contributed by atoms with Crippen LogP contribution >= 0.6 is 0 Å². The summed E-state index contributed by atoms with van der Waals surface area (Å²) >= 11 is 0. The van der Waals surface area contributed by atoms with E-state index in [4.69, 9.17) is 0 Å². The molecule has 0 amide bonds. The fourth-order valence-corrected chi connectivity index (χ4v) is 5.06. The van der Waals surface area contributed by atoms with Crippen molar-refractivity contribution in [3.63, 3.8) is 0 Å². The molecule has 0 spiro atoms. The quantitative estimate of drug-likeness (QED) is 0.397. The Labute approximate surface area is 194 Å². The van der Waals surface area contributed by atoms with Crippen LogP contribution in [0.2, 0.25) is 0 Å². The Morgan fingerprint density at radius 3 is 2.18 bits per heavy atom. The van der Waals surface area contributed by atoms with Gasteiger partial charge in [-0.1, -0.05) is 74.5 Å². The Kier molecular flexibility index (Phi) is 7.04. The van der Waals surface area contributed by atoms with Crippen LogP contribution in [0.4, 0.5) is 13.2 Å². The van der Waals surface area contributed by atoms with E-state index in [1.165, 1.54) is 39.5 Å². The molecule has 0 atom stereocenters. The Bertz CT molecular complexity index is 1140. The molecule has 0 bridgehead atoms. The Hall–Kier alpha value is -2.85. The Morgan fingerprint density at radius 1 is 0.758 bits per heavy atom. The summed E-state index contributed by atoms with van der Waals surface area (Å²) in [5.41, 5.74) is 8.93. The minimum atomic E-state index is -4.34. The zero-order valence-corrected chi connectivity index (χ0v) is 19.2. The normalized spacial score (nSPS) is 13.8. The maximum atomic E-state index is 13.4. The van der Waals surface area contributed by atoms with Crippen LogP contribution in [0.3, 0.4) is 0 Å². The van der Waals surface area contributed by atoms with Gasteiger partial charge in [0.15, 0.2) is 0 Å². The van der Waals surface area contributed by atoms with Crippen molar-refractivity contribution >= 4 is 5.57 Å². The molecule has 33 heavy (non-hydrogen) atoms. The van der Waals surface area contributed by atoms with E-state index in [9.17, 15) is 13.2 Å². The van der Waals surface area contributed by atoms with Crippen LogP contribution in [0.1, 0.15) is 59.2 Å². The summed E-state index contributed by atoms with van der Waals surface area (Å²) in [4.78, 5) is 0. The van der Waals surface area contributed by atoms with E-state index >= 15 is 0 Å². The van der Waals surface area contributed by atoms with Crippen LogP contribution in [-0.2, 0) is 32.0 Å². The van der Waals surface area contributed by atoms with Crippen molar-refractivity contribution in [2.75, 3.05) is 6.54 Å². The minimum Gasteiger partial charge on any atom is -0.309 e. The fourth-order valence-electron chi connectivity index (χ4n) is 5.06. The SMILES string of the molecule is CCc1ccc2c(c1CC)CCC(CNCc1ccccc1C(F)(F)F)=C2c1ccccc1. The Morgan fingerprint density at radius 2 is 1.48 bits per heavy atom. The zero-order valence-electron chi connectivity index (χ0n) is 19.2. The minimum absolute atomic E-state index is 0.184. The topological polar surface area (TPSA) is 12.0 Å². The number of aryl methyl sites for hydroxylation is 1. The summed E-state index contributed by atoms with van der Waals surface area (Å²) in [6, 6.07) is 20.7. The van der Waals surface area contributed by atoms with Crippen LogP contribution in [0.25, 0.3) is 5.57 Å². The van der Waals surface area contributed by atoms with Gasteiger partial charge in [-0.05, 0) is 76.3 Å². The third-order valence-corrected chi connectivity index (χ3v) is 6.60. The number of nitrogens with one attached hydrogen (secondary N) is 1. The summed E-state index contributed by atoms with van der Waals surface area (Å²) in [6.07, 6.45) is -0.432. The average Bonchev–Trinajstić information content (AvgIpc) is 2.83. The van der Waals surface area contributed by atoms with Gasteiger partial charge in [0.05, 0.1) is 5.56 Å². The monoisotopic (exact) mass is 449 g/mol. The van der Waals surface area contributed by atoms with E-state index < -0.39 is 11.7 Å². The number of hydrogen-bond donors (Lipinski definition) is 1.